The molecular weight excluding hydrogens is 356 g/mol. The zero-order valence-corrected chi connectivity index (χ0v) is 15.3. The van der Waals surface area contributed by atoms with Gasteiger partial charge in [0.15, 0.2) is 5.96 Å². The number of aliphatic imine (C=N–C) groups is 1. The van der Waals surface area contributed by atoms with Crippen LogP contribution in [0, 0.1) is 5.92 Å². The summed E-state index contributed by atoms with van der Waals surface area (Å²) in [5.74, 6) is 1.57. The Bertz CT molecular complexity index is 561. The molecule has 1 fully saturated rings. The van der Waals surface area contributed by atoms with Crippen LogP contribution in [0.4, 0.5) is 0 Å². The molecule has 2 unspecified atom stereocenters. The van der Waals surface area contributed by atoms with Gasteiger partial charge in [-0.15, -0.1) is 0 Å². The predicted molar refractivity (Wildman–Crippen MR) is 97.8 cm³/mol. The van der Waals surface area contributed by atoms with Gasteiger partial charge in [-0.3, -0.25) is 9.79 Å². The van der Waals surface area contributed by atoms with E-state index in [2.05, 4.69) is 50.7 Å². The van der Waals surface area contributed by atoms with Crippen LogP contribution in [0.5, 0.6) is 0 Å². The van der Waals surface area contributed by atoms with Gasteiger partial charge in [-0.1, -0.05) is 28.9 Å². The SMILES string of the molecule is CCNC(=NCCCNC(=O)c1cccc(Br)c1)NC1CC1C. The second-order valence-electron chi connectivity index (χ2n) is 5.84. The van der Waals surface area contributed by atoms with Crippen LogP contribution < -0.4 is 16.0 Å². The smallest absolute Gasteiger partial charge is 0.251 e. The third-order valence-electron chi connectivity index (χ3n) is 3.75. The van der Waals surface area contributed by atoms with Crippen LogP contribution in [0.25, 0.3) is 0 Å². The first-order chi connectivity index (χ1) is 11.1. The van der Waals surface area contributed by atoms with Crippen molar-refractivity contribution in [3.63, 3.8) is 0 Å². The molecule has 0 aromatic heterocycles. The molecule has 1 aromatic rings. The highest BCUT2D eigenvalue weighted by Gasteiger charge is 2.33. The fourth-order valence-corrected chi connectivity index (χ4v) is 2.62. The molecule has 0 aliphatic heterocycles. The van der Waals surface area contributed by atoms with E-state index in [0.717, 1.165) is 29.3 Å². The second kappa shape index (κ2) is 8.91. The number of carbonyl (C=O) groups excluding carboxylic acids is 1. The molecule has 1 aliphatic rings. The van der Waals surface area contributed by atoms with Gasteiger partial charge in [0, 0.05) is 35.7 Å². The average Bonchev–Trinajstić information content (AvgIpc) is 3.21. The van der Waals surface area contributed by atoms with Gasteiger partial charge in [0.25, 0.3) is 5.91 Å². The highest BCUT2D eigenvalue weighted by molar-refractivity contribution is 9.10. The predicted octanol–water partition coefficient (Wildman–Crippen LogP) is 2.53. The van der Waals surface area contributed by atoms with E-state index in [1.165, 1.54) is 6.42 Å². The lowest BCUT2D eigenvalue weighted by Gasteiger charge is -2.10. The maximum atomic E-state index is 12.0. The molecule has 2 atom stereocenters. The third kappa shape index (κ3) is 6.22. The van der Waals surface area contributed by atoms with Crippen LogP contribution in [-0.2, 0) is 0 Å². The van der Waals surface area contributed by atoms with Crippen LogP contribution >= 0.6 is 15.9 Å². The van der Waals surface area contributed by atoms with Gasteiger partial charge in [0.1, 0.15) is 0 Å². The monoisotopic (exact) mass is 380 g/mol. The summed E-state index contributed by atoms with van der Waals surface area (Å²) in [6.45, 7) is 6.46. The van der Waals surface area contributed by atoms with Crippen molar-refractivity contribution in [3.05, 3.63) is 34.3 Å². The Labute approximate surface area is 146 Å². The number of benzene rings is 1. The van der Waals surface area contributed by atoms with Crippen molar-refractivity contribution in [1.29, 1.82) is 0 Å². The first-order valence-corrected chi connectivity index (χ1v) is 8.98. The van der Waals surface area contributed by atoms with E-state index in [0.29, 0.717) is 24.7 Å². The maximum absolute atomic E-state index is 12.0. The summed E-state index contributed by atoms with van der Waals surface area (Å²) in [5.41, 5.74) is 0.667. The normalized spacial score (nSPS) is 20.0. The molecule has 0 saturated heterocycles. The van der Waals surface area contributed by atoms with E-state index >= 15 is 0 Å². The molecule has 2 rings (SSSR count). The van der Waals surface area contributed by atoms with E-state index in [-0.39, 0.29) is 5.91 Å². The number of guanidine groups is 1. The molecule has 0 spiro atoms. The molecule has 23 heavy (non-hydrogen) atoms. The fourth-order valence-electron chi connectivity index (χ4n) is 2.22. The van der Waals surface area contributed by atoms with Crippen LogP contribution in [0.3, 0.4) is 0 Å². The van der Waals surface area contributed by atoms with Crippen molar-refractivity contribution in [2.24, 2.45) is 10.9 Å². The highest BCUT2D eigenvalue weighted by Crippen LogP contribution is 2.28. The molecule has 5 nitrogen and oxygen atoms in total. The first-order valence-electron chi connectivity index (χ1n) is 8.18. The Kier molecular flexibility index (Phi) is 6.89. The van der Waals surface area contributed by atoms with Gasteiger partial charge in [0.05, 0.1) is 0 Å². The van der Waals surface area contributed by atoms with E-state index in [4.69, 9.17) is 0 Å². The van der Waals surface area contributed by atoms with Gasteiger partial charge in [-0.25, -0.2) is 0 Å². The van der Waals surface area contributed by atoms with E-state index in [9.17, 15) is 4.79 Å². The number of hydrogen-bond donors (Lipinski definition) is 3. The number of carbonyl (C=O) groups is 1. The lowest BCUT2D eigenvalue weighted by atomic mass is 10.2. The van der Waals surface area contributed by atoms with Gasteiger partial charge >= 0.3 is 0 Å². The summed E-state index contributed by atoms with van der Waals surface area (Å²) < 4.78 is 0.908. The Morgan fingerprint density at radius 2 is 2.17 bits per heavy atom. The standard InChI is InChI=1S/C17H25BrN4O/c1-3-19-17(22-15-10-12(15)2)21-9-5-8-20-16(23)13-6-4-7-14(18)11-13/h4,6-7,11-12,15H,3,5,8-10H2,1-2H3,(H,20,23)(H2,19,21,22). The Hall–Kier alpha value is -1.56. The van der Waals surface area contributed by atoms with Crippen molar-refractivity contribution in [2.45, 2.75) is 32.7 Å². The molecule has 126 valence electrons. The van der Waals surface area contributed by atoms with Crippen molar-refractivity contribution in [3.8, 4) is 0 Å². The summed E-state index contributed by atoms with van der Waals surface area (Å²) in [4.78, 5) is 16.5. The summed E-state index contributed by atoms with van der Waals surface area (Å²) in [7, 11) is 0. The average molecular weight is 381 g/mol. The second-order valence-corrected chi connectivity index (χ2v) is 6.76. The topological polar surface area (TPSA) is 65.5 Å². The summed E-state index contributed by atoms with van der Waals surface area (Å²) >= 11 is 3.37. The van der Waals surface area contributed by atoms with Crippen LogP contribution in [-0.4, -0.2) is 37.5 Å². The number of hydrogen-bond acceptors (Lipinski definition) is 2. The summed E-state index contributed by atoms with van der Waals surface area (Å²) in [6.07, 6.45) is 2.03. The fraction of sp³-hybridized carbons (Fsp3) is 0.529. The molecular formula is C17H25BrN4O. The maximum Gasteiger partial charge on any atom is 0.251 e. The molecule has 3 N–H and O–H groups in total. The first kappa shape index (κ1) is 17.8. The van der Waals surface area contributed by atoms with Crippen LogP contribution in [0.1, 0.15) is 37.0 Å². The molecule has 6 heteroatoms. The zero-order chi connectivity index (χ0) is 16.7. The largest absolute Gasteiger partial charge is 0.357 e. The van der Waals surface area contributed by atoms with Gasteiger partial charge in [0.2, 0.25) is 0 Å². The molecule has 1 saturated carbocycles. The number of halogens is 1. The van der Waals surface area contributed by atoms with Crippen molar-refractivity contribution < 1.29 is 4.79 Å². The van der Waals surface area contributed by atoms with E-state index < -0.39 is 0 Å². The minimum atomic E-state index is -0.0490. The van der Waals surface area contributed by atoms with Crippen LogP contribution in [0.2, 0.25) is 0 Å². The number of nitrogens with zero attached hydrogens (tertiary/aromatic N) is 1. The minimum Gasteiger partial charge on any atom is -0.357 e. The zero-order valence-electron chi connectivity index (χ0n) is 13.7. The van der Waals surface area contributed by atoms with Crippen molar-refractivity contribution in [2.75, 3.05) is 19.6 Å². The van der Waals surface area contributed by atoms with E-state index in [1.807, 2.05) is 24.3 Å². The minimum absolute atomic E-state index is 0.0490. The molecule has 1 amide bonds. The van der Waals surface area contributed by atoms with Crippen molar-refractivity contribution in [1.82, 2.24) is 16.0 Å². The lowest BCUT2D eigenvalue weighted by molar-refractivity contribution is 0.0953. The van der Waals surface area contributed by atoms with E-state index in [1.54, 1.807) is 0 Å². The Morgan fingerprint density at radius 3 is 2.83 bits per heavy atom. The van der Waals surface area contributed by atoms with Crippen LogP contribution in [0.15, 0.2) is 33.7 Å². The molecule has 0 bridgehead atoms. The lowest BCUT2D eigenvalue weighted by Crippen LogP contribution is -2.39. The molecule has 0 heterocycles. The van der Waals surface area contributed by atoms with Gasteiger partial charge < -0.3 is 16.0 Å². The Balaban J connectivity index is 1.69. The number of rotatable bonds is 7. The Morgan fingerprint density at radius 1 is 1.39 bits per heavy atom. The summed E-state index contributed by atoms with van der Waals surface area (Å²) in [6, 6.07) is 7.95. The third-order valence-corrected chi connectivity index (χ3v) is 4.25. The highest BCUT2D eigenvalue weighted by atomic mass is 79.9. The molecule has 1 aliphatic carbocycles. The van der Waals surface area contributed by atoms with Gasteiger partial charge in [-0.2, -0.15) is 0 Å². The quantitative estimate of drug-likeness (QED) is 0.386. The van der Waals surface area contributed by atoms with Crippen molar-refractivity contribution >= 4 is 27.8 Å². The number of amides is 1. The number of nitrogens with one attached hydrogen (secondary N) is 3. The molecule has 1 aromatic carbocycles. The molecule has 0 radical (unpaired) electrons. The summed E-state index contributed by atoms with van der Waals surface area (Å²) in [5, 5.41) is 9.59. The van der Waals surface area contributed by atoms with Gasteiger partial charge in [-0.05, 0) is 43.9 Å².